The Morgan fingerprint density at radius 2 is 1.71 bits per heavy atom. The number of hydrogen-bond acceptors (Lipinski definition) is 6. The first-order valence-corrected chi connectivity index (χ1v) is 15.2. The highest BCUT2D eigenvalue weighted by atomic mass is 16.5. The molecule has 1 fully saturated rings. The van der Waals surface area contributed by atoms with Gasteiger partial charge >= 0.3 is 0 Å². The molecule has 0 amide bonds. The molecule has 3 aromatic rings. The zero-order valence-corrected chi connectivity index (χ0v) is 24.4. The van der Waals surface area contributed by atoms with E-state index in [-0.39, 0.29) is 11.7 Å². The minimum Gasteiger partial charge on any atom is -0.497 e. The van der Waals surface area contributed by atoms with E-state index in [1.54, 1.807) is 14.2 Å². The van der Waals surface area contributed by atoms with Crippen molar-refractivity contribution in [2.45, 2.75) is 45.1 Å². The molecular weight excluding hydrogens is 512 g/mol. The van der Waals surface area contributed by atoms with E-state index in [2.05, 4.69) is 52.3 Å². The number of piperidine rings is 1. The van der Waals surface area contributed by atoms with Crippen LogP contribution in [0.4, 0.5) is 5.69 Å². The van der Waals surface area contributed by atoms with E-state index in [0.29, 0.717) is 18.3 Å². The van der Waals surface area contributed by atoms with Crippen molar-refractivity contribution in [2.75, 3.05) is 51.9 Å². The van der Waals surface area contributed by atoms with E-state index in [4.69, 9.17) is 14.2 Å². The van der Waals surface area contributed by atoms with Crippen molar-refractivity contribution in [1.29, 1.82) is 0 Å². The summed E-state index contributed by atoms with van der Waals surface area (Å²) in [6, 6.07) is 21.0. The summed E-state index contributed by atoms with van der Waals surface area (Å²) < 4.78 is 17.4. The van der Waals surface area contributed by atoms with Gasteiger partial charge in [-0.2, -0.15) is 0 Å². The summed E-state index contributed by atoms with van der Waals surface area (Å²) in [6.07, 6.45) is 6.30. The number of anilines is 1. The quantitative estimate of drug-likeness (QED) is 0.298. The van der Waals surface area contributed by atoms with Crippen LogP contribution in [0.5, 0.6) is 17.2 Å². The van der Waals surface area contributed by atoms with Crippen LogP contribution in [0, 0.1) is 11.8 Å². The Balaban J connectivity index is 1.04. The number of Topliss-reactive ketones (excluding diaryl/α,β-unsaturated/α-hetero) is 1. The lowest BCUT2D eigenvalue weighted by atomic mass is 9.85. The number of ketones is 1. The Bertz CT molecular complexity index is 1350. The molecule has 0 spiro atoms. The molecule has 1 aliphatic carbocycles. The molecule has 0 bridgehead atoms. The second-order valence-corrected chi connectivity index (χ2v) is 11.8. The molecule has 0 aromatic heterocycles. The smallest absolute Gasteiger partial charge is 0.166 e. The van der Waals surface area contributed by atoms with Gasteiger partial charge in [0.05, 0.1) is 20.8 Å². The first-order chi connectivity index (χ1) is 20.1. The summed E-state index contributed by atoms with van der Waals surface area (Å²) >= 11 is 0. The molecule has 1 atom stereocenters. The maximum atomic E-state index is 13.5. The molecular formula is C35H42N2O4. The van der Waals surface area contributed by atoms with Gasteiger partial charge in [0, 0.05) is 30.3 Å². The summed E-state index contributed by atoms with van der Waals surface area (Å²) in [4.78, 5) is 18.4. The molecule has 41 heavy (non-hydrogen) atoms. The lowest BCUT2D eigenvalue weighted by Crippen LogP contribution is -2.34. The highest BCUT2D eigenvalue weighted by Gasteiger charge is 2.34. The van der Waals surface area contributed by atoms with Crippen LogP contribution in [-0.2, 0) is 19.4 Å². The third-order valence-corrected chi connectivity index (χ3v) is 9.19. The average Bonchev–Trinajstić information content (AvgIpc) is 3.31. The van der Waals surface area contributed by atoms with Crippen molar-refractivity contribution < 1.29 is 19.0 Å². The second kappa shape index (κ2) is 12.6. The van der Waals surface area contributed by atoms with Crippen LogP contribution < -0.4 is 19.1 Å². The fourth-order valence-corrected chi connectivity index (χ4v) is 6.94. The maximum absolute atomic E-state index is 13.5. The average molecular weight is 555 g/mol. The normalized spacial score (nSPS) is 19.1. The highest BCUT2D eigenvalue weighted by Crippen LogP contribution is 2.40. The van der Waals surface area contributed by atoms with Crippen LogP contribution >= 0.6 is 0 Å². The topological polar surface area (TPSA) is 51.2 Å². The summed E-state index contributed by atoms with van der Waals surface area (Å²) in [5.41, 5.74) is 5.88. The third-order valence-electron chi connectivity index (χ3n) is 9.19. The zero-order chi connectivity index (χ0) is 28.2. The Hall–Kier alpha value is -3.51. The fraction of sp³-hybridized carbons (Fsp3) is 0.457. The lowest BCUT2D eigenvalue weighted by Gasteiger charge is -2.32. The van der Waals surface area contributed by atoms with Gasteiger partial charge in [0.1, 0.15) is 12.4 Å². The number of ether oxygens (including phenoxy) is 3. The van der Waals surface area contributed by atoms with Crippen molar-refractivity contribution in [2.24, 2.45) is 11.8 Å². The fourth-order valence-electron chi connectivity index (χ4n) is 6.94. The van der Waals surface area contributed by atoms with E-state index in [9.17, 15) is 4.79 Å². The van der Waals surface area contributed by atoms with E-state index >= 15 is 0 Å². The molecule has 3 aliphatic rings. The minimum absolute atomic E-state index is 0.0671. The van der Waals surface area contributed by atoms with E-state index in [1.807, 2.05) is 18.2 Å². The van der Waals surface area contributed by atoms with Crippen LogP contribution in [0.2, 0.25) is 0 Å². The number of methoxy groups -OCH3 is 2. The zero-order valence-electron chi connectivity index (χ0n) is 24.4. The van der Waals surface area contributed by atoms with Crippen LogP contribution in [0.3, 0.4) is 0 Å². The number of nitrogens with zero attached hydrogens (tertiary/aromatic N) is 2. The van der Waals surface area contributed by atoms with Gasteiger partial charge in [0.2, 0.25) is 0 Å². The maximum Gasteiger partial charge on any atom is 0.166 e. The molecule has 2 aliphatic heterocycles. The summed E-state index contributed by atoms with van der Waals surface area (Å²) in [6.45, 7) is 5.54. The van der Waals surface area contributed by atoms with Crippen molar-refractivity contribution in [1.82, 2.24) is 4.90 Å². The molecule has 0 radical (unpaired) electrons. The lowest BCUT2D eigenvalue weighted by molar-refractivity contribution is 0.0895. The van der Waals surface area contributed by atoms with Crippen LogP contribution in [0.15, 0.2) is 60.7 Å². The van der Waals surface area contributed by atoms with Crippen molar-refractivity contribution in [3.63, 3.8) is 0 Å². The molecule has 0 N–H and O–H groups in total. The Morgan fingerprint density at radius 1 is 0.878 bits per heavy atom. The monoisotopic (exact) mass is 554 g/mol. The first kappa shape index (κ1) is 27.6. The number of aryl methyl sites for hydroxylation is 1. The summed E-state index contributed by atoms with van der Waals surface area (Å²) in [5, 5.41) is 0. The Labute approximate surface area is 244 Å². The SMILES string of the molecule is COc1ccc2c(c1)CCCN2CCOc1cc2c(cc1OC)CC(CC1CCN(Cc3ccccc3)CC1)C2=O. The van der Waals surface area contributed by atoms with E-state index in [0.717, 1.165) is 93.9 Å². The molecule has 2 heterocycles. The third kappa shape index (κ3) is 6.23. The molecule has 1 saturated heterocycles. The van der Waals surface area contributed by atoms with E-state index in [1.165, 1.54) is 16.8 Å². The number of likely N-dealkylation sites (tertiary alicyclic amines) is 1. The number of carbonyl (C=O) groups excluding carboxylic acids is 1. The molecule has 6 heteroatoms. The molecule has 3 aromatic carbocycles. The second-order valence-electron chi connectivity index (χ2n) is 11.8. The number of carbonyl (C=O) groups is 1. The molecule has 0 saturated carbocycles. The Morgan fingerprint density at radius 3 is 2.49 bits per heavy atom. The first-order valence-electron chi connectivity index (χ1n) is 15.2. The van der Waals surface area contributed by atoms with Gasteiger partial charge in [0.25, 0.3) is 0 Å². The van der Waals surface area contributed by atoms with Gasteiger partial charge in [-0.1, -0.05) is 30.3 Å². The largest absolute Gasteiger partial charge is 0.497 e. The summed E-state index contributed by atoms with van der Waals surface area (Å²) in [7, 11) is 3.39. The van der Waals surface area contributed by atoms with Crippen LogP contribution in [-0.4, -0.2) is 57.7 Å². The molecule has 6 nitrogen and oxygen atoms in total. The molecule has 216 valence electrons. The Kier molecular flexibility index (Phi) is 8.47. The van der Waals surface area contributed by atoms with Gasteiger partial charge in [-0.3, -0.25) is 9.69 Å². The minimum atomic E-state index is 0.0671. The molecule has 1 unspecified atom stereocenters. The van der Waals surface area contributed by atoms with Crippen LogP contribution in [0.1, 0.15) is 52.7 Å². The number of fused-ring (bicyclic) bond motifs is 2. The standard InChI is InChI=1S/C35H42N2O4/c1-39-30-10-11-32-27(21-30)9-6-14-37(32)17-18-41-34-23-31-28(22-33(34)40-2)20-29(35(31)38)19-25-12-15-36(16-13-25)24-26-7-4-3-5-8-26/h3-5,7-8,10-11,21-23,25,29H,6,9,12-20,24H2,1-2H3. The van der Waals surface area contributed by atoms with Crippen molar-refractivity contribution in [3.05, 3.63) is 82.9 Å². The predicted molar refractivity (Wildman–Crippen MR) is 163 cm³/mol. The number of hydrogen-bond donors (Lipinski definition) is 0. The predicted octanol–water partition coefficient (Wildman–Crippen LogP) is 6.19. The van der Waals surface area contributed by atoms with Gasteiger partial charge in [-0.25, -0.2) is 0 Å². The highest BCUT2D eigenvalue weighted by molar-refractivity contribution is 6.02. The van der Waals surface area contributed by atoms with Crippen molar-refractivity contribution in [3.8, 4) is 17.2 Å². The molecule has 6 rings (SSSR count). The van der Waals surface area contributed by atoms with Gasteiger partial charge in [-0.15, -0.1) is 0 Å². The van der Waals surface area contributed by atoms with Gasteiger partial charge in [0.15, 0.2) is 17.3 Å². The van der Waals surface area contributed by atoms with Crippen LogP contribution in [0.25, 0.3) is 0 Å². The van der Waals surface area contributed by atoms with E-state index < -0.39 is 0 Å². The number of rotatable bonds is 10. The van der Waals surface area contributed by atoms with Crippen molar-refractivity contribution >= 4 is 11.5 Å². The van der Waals surface area contributed by atoms with Gasteiger partial charge in [-0.05, 0) is 105 Å². The summed E-state index contributed by atoms with van der Waals surface area (Å²) in [5.74, 6) is 3.24. The van der Waals surface area contributed by atoms with Gasteiger partial charge < -0.3 is 19.1 Å². The number of benzene rings is 3.